The van der Waals surface area contributed by atoms with Gasteiger partial charge in [-0.15, -0.1) is 11.3 Å². The van der Waals surface area contributed by atoms with E-state index in [0.717, 1.165) is 35.9 Å². The van der Waals surface area contributed by atoms with E-state index < -0.39 is 0 Å². The van der Waals surface area contributed by atoms with Crippen LogP contribution >= 0.6 is 22.9 Å². The Morgan fingerprint density at radius 1 is 1.55 bits per heavy atom. The van der Waals surface area contributed by atoms with Crippen LogP contribution in [0.2, 0.25) is 5.02 Å². The molecule has 0 bridgehead atoms. The van der Waals surface area contributed by atoms with E-state index in [2.05, 4.69) is 33.6 Å². The van der Waals surface area contributed by atoms with Crippen LogP contribution in [0.4, 0.5) is 5.82 Å². The monoisotopic (exact) mass is 307 g/mol. The third-order valence-corrected chi connectivity index (χ3v) is 5.08. The van der Waals surface area contributed by atoms with Crippen molar-refractivity contribution in [2.24, 2.45) is 0 Å². The highest BCUT2D eigenvalue weighted by molar-refractivity contribution is 7.10. The summed E-state index contributed by atoms with van der Waals surface area (Å²) in [6, 6.07) is 4.57. The van der Waals surface area contributed by atoms with Gasteiger partial charge in [-0.1, -0.05) is 11.6 Å². The molecule has 0 saturated carbocycles. The number of nitrogens with one attached hydrogen (secondary N) is 1. The Morgan fingerprint density at radius 3 is 3.15 bits per heavy atom. The Morgan fingerprint density at radius 2 is 2.40 bits per heavy atom. The Kier molecular flexibility index (Phi) is 3.96. The zero-order valence-electron chi connectivity index (χ0n) is 11.7. The van der Waals surface area contributed by atoms with Crippen LogP contribution in [0.5, 0.6) is 0 Å². The third kappa shape index (κ3) is 2.43. The summed E-state index contributed by atoms with van der Waals surface area (Å²) in [5.74, 6) is 0.899. The number of fused-ring (bicyclic) bond motifs is 1. The molecule has 20 heavy (non-hydrogen) atoms. The number of hydrogen-bond acceptors (Lipinski definition) is 4. The molecule has 0 aliphatic carbocycles. The van der Waals surface area contributed by atoms with E-state index in [9.17, 15) is 0 Å². The van der Waals surface area contributed by atoms with Gasteiger partial charge in [0.1, 0.15) is 5.82 Å². The van der Waals surface area contributed by atoms with Gasteiger partial charge in [-0.3, -0.25) is 0 Å². The van der Waals surface area contributed by atoms with Crippen molar-refractivity contribution in [1.82, 2.24) is 10.3 Å². The van der Waals surface area contributed by atoms with Crippen molar-refractivity contribution in [2.45, 2.75) is 25.9 Å². The normalized spacial score (nSPS) is 18.1. The third-order valence-electron chi connectivity index (χ3n) is 3.81. The Bertz CT molecular complexity index is 611. The number of hydrogen-bond donors (Lipinski definition) is 1. The van der Waals surface area contributed by atoms with Crippen molar-refractivity contribution < 1.29 is 0 Å². The van der Waals surface area contributed by atoms with E-state index in [1.807, 2.05) is 30.6 Å². The van der Waals surface area contributed by atoms with Gasteiger partial charge in [0.05, 0.1) is 11.1 Å². The van der Waals surface area contributed by atoms with Crippen LogP contribution in [0.25, 0.3) is 0 Å². The zero-order chi connectivity index (χ0) is 14.1. The molecule has 0 saturated heterocycles. The molecule has 3 rings (SSSR count). The first-order valence-electron chi connectivity index (χ1n) is 6.82. The molecule has 0 radical (unpaired) electrons. The average Bonchev–Trinajstić information content (AvgIpc) is 2.90. The summed E-state index contributed by atoms with van der Waals surface area (Å²) in [4.78, 5) is 8.39. The molecule has 0 aromatic carbocycles. The number of pyridine rings is 1. The van der Waals surface area contributed by atoms with Gasteiger partial charge in [0.25, 0.3) is 0 Å². The average molecular weight is 308 g/mol. The fraction of sp³-hybridized carbons (Fsp3) is 0.400. The van der Waals surface area contributed by atoms with Gasteiger partial charge in [0.15, 0.2) is 0 Å². The maximum Gasteiger partial charge on any atom is 0.147 e. The highest BCUT2D eigenvalue weighted by Crippen LogP contribution is 2.37. The molecule has 0 fully saturated rings. The first-order valence-corrected chi connectivity index (χ1v) is 8.08. The van der Waals surface area contributed by atoms with Crippen LogP contribution in [0.3, 0.4) is 0 Å². The lowest BCUT2D eigenvalue weighted by atomic mass is 10.0. The molecule has 3 nitrogen and oxygen atoms in total. The fourth-order valence-corrected chi connectivity index (χ4v) is 4.04. The first-order chi connectivity index (χ1) is 9.70. The van der Waals surface area contributed by atoms with E-state index in [0.29, 0.717) is 6.04 Å². The van der Waals surface area contributed by atoms with Crippen LogP contribution in [-0.4, -0.2) is 18.6 Å². The lowest BCUT2D eigenvalue weighted by Gasteiger charge is -2.35. The molecule has 1 atom stereocenters. The summed E-state index contributed by atoms with van der Waals surface area (Å²) >= 11 is 8.29. The smallest absolute Gasteiger partial charge is 0.147 e. The highest BCUT2D eigenvalue weighted by Gasteiger charge is 2.27. The second-order valence-corrected chi connectivity index (χ2v) is 6.51. The Labute approximate surface area is 128 Å². The van der Waals surface area contributed by atoms with Crippen molar-refractivity contribution in [3.05, 3.63) is 44.7 Å². The topological polar surface area (TPSA) is 28.2 Å². The summed E-state index contributed by atoms with van der Waals surface area (Å²) in [5.41, 5.74) is 2.53. The summed E-state index contributed by atoms with van der Waals surface area (Å²) < 4.78 is 0. The summed E-state index contributed by atoms with van der Waals surface area (Å²) in [6.45, 7) is 3.99. The molecular formula is C15H18ClN3S. The SMILES string of the molecule is CNCc1cnc(N2CCc3sccc3C2C)c(Cl)c1. The van der Waals surface area contributed by atoms with Gasteiger partial charge in [0.2, 0.25) is 0 Å². The maximum absolute atomic E-state index is 6.44. The van der Waals surface area contributed by atoms with Crippen molar-refractivity contribution in [3.63, 3.8) is 0 Å². The first kappa shape index (κ1) is 13.9. The Balaban J connectivity index is 1.90. The van der Waals surface area contributed by atoms with E-state index in [-0.39, 0.29) is 0 Å². The van der Waals surface area contributed by atoms with Gasteiger partial charge < -0.3 is 10.2 Å². The van der Waals surface area contributed by atoms with Crippen LogP contribution in [0.1, 0.15) is 29.0 Å². The minimum absolute atomic E-state index is 0.338. The van der Waals surface area contributed by atoms with E-state index >= 15 is 0 Å². The molecule has 1 unspecified atom stereocenters. The predicted octanol–water partition coefficient (Wildman–Crippen LogP) is 3.64. The maximum atomic E-state index is 6.44. The zero-order valence-corrected chi connectivity index (χ0v) is 13.3. The molecule has 106 valence electrons. The molecule has 2 aromatic rings. The highest BCUT2D eigenvalue weighted by atomic mass is 35.5. The van der Waals surface area contributed by atoms with Crippen molar-refractivity contribution in [3.8, 4) is 0 Å². The number of anilines is 1. The number of nitrogens with zero attached hydrogens (tertiary/aromatic N) is 2. The van der Waals surface area contributed by atoms with Crippen molar-refractivity contribution >= 4 is 28.8 Å². The lowest BCUT2D eigenvalue weighted by molar-refractivity contribution is 0.624. The van der Waals surface area contributed by atoms with Gasteiger partial charge >= 0.3 is 0 Å². The molecular weight excluding hydrogens is 290 g/mol. The lowest BCUT2D eigenvalue weighted by Crippen LogP contribution is -2.34. The second-order valence-electron chi connectivity index (χ2n) is 5.10. The number of thiophene rings is 1. The van der Waals surface area contributed by atoms with Crippen molar-refractivity contribution in [2.75, 3.05) is 18.5 Å². The number of halogens is 1. The summed E-state index contributed by atoms with van der Waals surface area (Å²) in [7, 11) is 1.92. The molecule has 1 aliphatic heterocycles. The standard InChI is InChI=1S/C15H18ClN3S/c1-10-12-4-6-20-14(12)3-5-19(10)15-13(16)7-11(8-17-2)9-18-15/h4,6-7,9-10,17H,3,5,8H2,1-2H3. The predicted molar refractivity (Wildman–Crippen MR) is 85.8 cm³/mol. The van der Waals surface area contributed by atoms with Crippen LogP contribution < -0.4 is 10.2 Å². The van der Waals surface area contributed by atoms with E-state index in [4.69, 9.17) is 11.6 Å². The van der Waals surface area contributed by atoms with E-state index in [1.165, 1.54) is 10.4 Å². The van der Waals surface area contributed by atoms with Gasteiger partial charge in [-0.2, -0.15) is 0 Å². The minimum Gasteiger partial charge on any atom is -0.348 e. The Hall–Kier alpha value is -1.10. The number of aromatic nitrogens is 1. The second kappa shape index (κ2) is 5.72. The fourth-order valence-electron chi connectivity index (χ4n) is 2.78. The van der Waals surface area contributed by atoms with Gasteiger partial charge in [0, 0.05) is 24.2 Å². The van der Waals surface area contributed by atoms with Gasteiger partial charge in [-0.25, -0.2) is 4.98 Å². The largest absolute Gasteiger partial charge is 0.348 e. The molecule has 0 amide bonds. The summed E-state index contributed by atoms with van der Waals surface area (Å²) in [6.07, 6.45) is 2.99. The van der Waals surface area contributed by atoms with Crippen LogP contribution in [-0.2, 0) is 13.0 Å². The molecule has 1 aliphatic rings. The van der Waals surface area contributed by atoms with Crippen LogP contribution in [0.15, 0.2) is 23.7 Å². The van der Waals surface area contributed by atoms with Crippen molar-refractivity contribution in [1.29, 1.82) is 0 Å². The van der Waals surface area contributed by atoms with E-state index in [1.54, 1.807) is 0 Å². The minimum atomic E-state index is 0.338. The molecule has 2 aromatic heterocycles. The van der Waals surface area contributed by atoms with Crippen LogP contribution in [0, 0.1) is 0 Å². The number of rotatable bonds is 3. The molecule has 5 heteroatoms. The quantitative estimate of drug-likeness (QED) is 0.938. The molecule has 1 N–H and O–H groups in total. The van der Waals surface area contributed by atoms with Gasteiger partial charge in [-0.05, 0) is 49.0 Å². The molecule has 0 spiro atoms. The molecule has 3 heterocycles. The summed E-state index contributed by atoms with van der Waals surface area (Å²) in [5, 5.41) is 6.03.